The van der Waals surface area contributed by atoms with Gasteiger partial charge in [0.1, 0.15) is 12.2 Å². The first-order chi connectivity index (χ1) is 9.13. The van der Waals surface area contributed by atoms with E-state index >= 15 is 0 Å². The molecule has 1 aromatic heterocycles. The van der Waals surface area contributed by atoms with Crippen LogP contribution >= 0.6 is 0 Å². The number of aliphatic hydroxyl groups excluding tert-OH is 2. The van der Waals surface area contributed by atoms with E-state index in [0.29, 0.717) is 12.3 Å². The number of aromatic nitrogens is 3. The Morgan fingerprint density at radius 3 is 2.47 bits per heavy atom. The van der Waals surface area contributed by atoms with Gasteiger partial charge in [-0.15, -0.1) is 0 Å². The first-order valence-electron chi connectivity index (χ1n) is 7.23. The molecular weight excluding hydrogens is 242 g/mol. The molecule has 0 aromatic carbocycles. The van der Waals surface area contributed by atoms with Crippen molar-refractivity contribution in [2.45, 2.75) is 52.0 Å². The van der Waals surface area contributed by atoms with Gasteiger partial charge in [0.05, 0.1) is 13.2 Å². The van der Waals surface area contributed by atoms with Crippen molar-refractivity contribution in [1.82, 2.24) is 14.8 Å². The lowest BCUT2D eigenvalue weighted by molar-refractivity contribution is 0.00319. The zero-order chi connectivity index (χ0) is 13.9. The zero-order valence-corrected chi connectivity index (χ0v) is 11.9. The Morgan fingerprint density at radius 2 is 1.95 bits per heavy atom. The summed E-state index contributed by atoms with van der Waals surface area (Å²) in [5.41, 5.74) is -0.448. The molecule has 0 atom stereocenters. The molecule has 0 amide bonds. The minimum absolute atomic E-state index is 0.0130. The average molecular weight is 267 g/mol. The van der Waals surface area contributed by atoms with E-state index in [1.165, 1.54) is 12.8 Å². The van der Waals surface area contributed by atoms with Gasteiger partial charge >= 0.3 is 0 Å². The maximum absolute atomic E-state index is 9.85. The quantitative estimate of drug-likeness (QED) is 0.820. The van der Waals surface area contributed by atoms with Crippen molar-refractivity contribution >= 4 is 0 Å². The summed E-state index contributed by atoms with van der Waals surface area (Å²) in [6.07, 6.45) is 6.74. The molecule has 0 bridgehead atoms. The molecule has 2 N–H and O–H groups in total. The predicted octanol–water partition coefficient (Wildman–Crippen LogP) is 1.56. The largest absolute Gasteiger partial charge is 0.396 e. The molecule has 1 fully saturated rings. The highest BCUT2D eigenvalue weighted by atomic mass is 16.3. The van der Waals surface area contributed by atoms with Crippen molar-refractivity contribution in [3.63, 3.8) is 0 Å². The normalized spacial score (nSPS) is 17.5. The van der Waals surface area contributed by atoms with Gasteiger partial charge in [-0.05, 0) is 32.6 Å². The second kappa shape index (κ2) is 6.01. The first-order valence-corrected chi connectivity index (χ1v) is 7.23. The molecule has 1 aliphatic rings. The predicted molar refractivity (Wildman–Crippen MR) is 72.7 cm³/mol. The van der Waals surface area contributed by atoms with Crippen molar-refractivity contribution in [3.8, 4) is 0 Å². The monoisotopic (exact) mass is 267 g/mol. The van der Waals surface area contributed by atoms with Crippen LogP contribution in [-0.4, -0.2) is 38.2 Å². The van der Waals surface area contributed by atoms with E-state index < -0.39 is 5.41 Å². The third kappa shape index (κ3) is 2.82. The summed E-state index contributed by atoms with van der Waals surface area (Å²) in [7, 11) is 0. The van der Waals surface area contributed by atoms with E-state index in [2.05, 4.69) is 23.9 Å². The van der Waals surface area contributed by atoms with Crippen LogP contribution in [0, 0.1) is 11.3 Å². The standard InChI is InChI=1S/C14H25N3O2/c1-11(2)17-13(15-10-16-17)7-14(8-18,9-19)12-5-3-4-6-12/h10-12,18-19H,3-9H2,1-2H3. The molecule has 1 aromatic rings. The fourth-order valence-corrected chi connectivity index (χ4v) is 3.25. The van der Waals surface area contributed by atoms with E-state index in [-0.39, 0.29) is 19.3 Å². The smallest absolute Gasteiger partial charge is 0.138 e. The Balaban J connectivity index is 2.22. The molecule has 1 aliphatic carbocycles. The molecule has 19 heavy (non-hydrogen) atoms. The van der Waals surface area contributed by atoms with E-state index in [4.69, 9.17) is 0 Å². The van der Waals surface area contributed by atoms with Crippen molar-refractivity contribution in [3.05, 3.63) is 12.2 Å². The van der Waals surface area contributed by atoms with E-state index in [1.807, 2.05) is 4.68 Å². The van der Waals surface area contributed by atoms with Crippen molar-refractivity contribution in [1.29, 1.82) is 0 Å². The third-order valence-electron chi connectivity index (χ3n) is 4.50. The Labute approximate surface area is 114 Å². The Bertz CT molecular complexity index is 393. The van der Waals surface area contributed by atoms with Crippen LogP contribution in [-0.2, 0) is 6.42 Å². The van der Waals surface area contributed by atoms with Crippen LogP contribution < -0.4 is 0 Å². The van der Waals surface area contributed by atoms with Crippen LogP contribution in [0.3, 0.4) is 0 Å². The van der Waals surface area contributed by atoms with Crippen LogP contribution in [0.5, 0.6) is 0 Å². The second-order valence-corrected chi connectivity index (χ2v) is 6.05. The topological polar surface area (TPSA) is 71.2 Å². The van der Waals surface area contributed by atoms with Gasteiger partial charge in [0.25, 0.3) is 0 Å². The van der Waals surface area contributed by atoms with Gasteiger partial charge in [0.2, 0.25) is 0 Å². The summed E-state index contributed by atoms with van der Waals surface area (Å²) in [6, 6.07) is 0.246. The molecule has 0 radical (unpaired) electrons. The van der Waals surface area contributed by atoms with Gasteiger partial charge in [0, 0.05) is 17.9 Å². The lowest BCUT2D eigenvalue weighted by atomic mass is 9.73. The minimum atomic E-state index is -0.448. The lowest BCUT2D eigenvalue weighted by Crippen LogP contribution is -2.40. The molecule has 1 heterocycles. The summed E-state index contributed by atoms with van der Waals surface area (Å²) in [5.74, 6) is 1.25. The van der Waals surface area contributed by atoms with E-state index in [9.17, 15) is 10.2 Å². The lowest BCUT2D eigenvalue weighted by Gasteiger charge is -2.35. The van der Waals surface area contributed by atoms with Crippen molar-refractivity contribution in [2.24, 2.45) is 11.3 Å². The number of rotatable bonds is 6. The second-order valence-electron chi connectivity index (χ2n) is 6.05. The van der Waals surface area contributed by atoms with Crippen LogP contribution in [0.4, 0.5) is 0 Å². The summed E-state index contributed by atoms with van der Waals surface area (Å²) in [4.78, 5) is 4.32. The Kier molecular flexibility index (Phi) is 4.58. The summed E-state index contributed by atoms with van der Waals surface area (Å²) in [6.45, 7) is 4.15. The van der Waals surface area contributed by atoms with Gasteiger partial charge in [-0.25, -0.2) is 9.67 Å². The highest BCUT2D eigenvalue weighted by Crippen LogP contribution is 2.41. The van der Waals surface area contributed by atoms with Crippen LogP contribution in [0.25, 0.3) is 0 Å². The van der Waals surface area contributed by atoms with Crippen molar-refractivity contribution < 1.29 is 10.2 Å². The van der Waals surface area contributed by atoms with Crippen LogP contribution in [0.1, 0.15) is 51.4 Å². The summed E-state index contributed by atoms with van der Waals surface area (Å²) < 4.78 is 1.88. The molecule has 108 valence electrons. The molecule has 0 saturated heterocycles. The van der Waals surface area contributed by atoms with Crippen molar-refractivity contribution in [2.75, 3.05) is 13.2 Å². The van der Waals surface area contributed by atoms with Gasteiger partial charge in [-0.3, -0.25) is 0 Å². The molecular formula is C14H25N3O2. The number of hydrogen-bond donors (Lipinski definition) is 2. The minimum Gasteiger partial charge on any atom is -0.396 e. The molecule has 0 spiro atoms. The maximum Gasteiger partial charge on any atom is 0.138 e. The summed E-state index contributed by atoms with van der Waals surface area (Å²) >= 11 is 0. The van der Waals surface area contributed by atoms with Crippen LogP contribution in [0.2, 0.25) is 0 Å². The van der Waals surface area contributed by atoms with Gasteiger partial charge in [-0.2, -0.15) is 5.10 Å². The summed E-state index contributed by atoms with van der Waals surface area (Å²) in [5, 5.41) is 23.9. The highest BCUT2D eigenvalue weighted by molar-refractivity contribution is 4.99. The first kappa shape index (κ1) is 14.5. The fraction of sp³-hybridized carbons (Fsp3) is 0.857. The average Bonchev–Trinajstić information content (AvgIpc) is 3.07. The number of aliphatic hydroxyl groups is 2. The molecule has 5 heteroatoms. The zero-order valence-electron chi connectivity index (χ0n) is 11.9. The highest BCUT2D eigenvalue weighted by Gasteiger charge is 2.40. The van der Waals surface area contributed by atoms with Gasteiger partial charge in [-0.1, -0.05) is 12.8 Å². The van der Waals surface area contributed by atoms with E-state index in [0.717, 1.165) is 18.7 Å². The Morgan fingerprint density at radius 1 is 1.32 bits per heavy atom. The number of nitrogens with zero attached hydrogens (tertiary/aromatic N) is 3. The SMILES string of the molecule is CC(C)n1ncnc1CC(CO)(CO)C1CCCC1. The Hall–Kier alpha value is -0.940. The molecule has 1 saturated carbocycles. The molecule has 2 rings (SSSR count). The third-order valence-corrected chi connectivity index (χ3v) is 4.50. The number of hydrogen-bond acceptors (Lipinski definition) is 4. The molecule has 5 nitrogen and oxygen atoms in total. The molecule has 0 aliphatic heterocycles. The van der Waals surface area contributed by atoms with E-state index in [1.54, 1.807) is 6.33 Å². The van der Waals surface area contributed by atoms with Gasteiger partial charge < -0.3 is 10.2 Å². The van der Waals surface area contributed by atoms with Crippen LogP contribution in [0.15, 0.2) is 6.33 Å². The maximum atomic E-state index is 9.85. The van der Waals surface area contributed by atoms with Gasteiger partial charge in [0.15, 0.2) is 0 Å². The molecule has 0 unspecified atom stereocenters. The fourth-order valence-electron chi connectivity index (χ4n) is 3.25.